The third-order valence-corrected chi connectivity index (χ3v) is 4.42. The van der Waals surface area contributed by atoms with Gasteiger partial charge in [0.2, 0.25) is 5.91 Å². The van der Waals surface area contributed by atoms with E-state index in [9.17, 15) is 9.59 Å². The normalized spacial score (nSPS) is 17.3. The molecule has 1 amide bonds. The molecule has 0 bridgehead atoms. The highest BCUT2D eigenvalue weighted by atomic mass is 32.1. The summed E-state index contributed by atoms with van der Waals surface area (Å²) in [6.07, 6.45) is 5.74. The van der Waals surface area contributed by atoms with Crippen LogP contribution in [0.3, 0.4) is 0 Å². The van der Waals surface area contributed by atoms with Gasteiger partial charge in [0.1, 0.15) is 0 Å². The summed E-state index contributed by atoms with van der Waals surface area (Å²) < 4.78 is 0. The molecule has 0 saturated heterocycles. The number of carbonyl (C=O) groups excluding carboxylic acids is 1. The van der Waals surface area contributed by atoms with Crippen molar-refractivity contribution >= 4 is 28.3 Å². The monoisotopic (exact) mass is 282 g/mol. The summed E-state index contributed by atoms with van der Waals surface area (Å²) in [5, 5.41) is 12.4. The molecule has 0 spiro atoms. The number of hydrogen-bond donors (Lipinski definition) is 2. The zero-order valence-corrected chi connectivity index (χ0v) is 11.8. The fraction of sp³-hybridized carbons (Fsp3) is 0.615. The summed E-state index contributed by atoms with van der Waals surface area (Å²) in [6.45, 7) is 1.93. The van der Waals surface area contributed by atoms with Crippen LogP contribution in [0, 0.1) is 12.3 Å². The zero-order valence-electron chi connectivity index (χ0n) is 10.9. The van der Waals surface area contributed by atoms with Gasteiger partial charge >= 0.3 is 5.97 Å². The van der Waals surface area contributed by atoms with Crippen molar-refractivity contribution in [1.82, 2.24) is 4.98 Å². The minimum Gasteiger partial charge on any atom is -0.481 e. The number of hydrogen-bond acceptors (Lipinski definition) is 4. The van der Waals surface area contributed by atoms with Gasteiger partial charge in [0.15, 0.2) is 5.13 Å². The Kier molecular flexibility index (Phi) is 4.19. The average Bonchev–Trinajstić information content (AvgIpc) is 2.87. The molecule has 0 atom stereocenters. The van der Waals surface area contributed by atoms with Crippen molar-refractivity contribution in [2.75, 3.05) is 5.32 Å². The third-order valence-electron chi connectivity index (χ3n) is 3.59. The van der Waals surface area contributed by atoms with Crippen molar-refractivity contribution in [3.8, 4) is 0 Å². The number of thiazole rings is 1. The molecular formula is C13H18N2O3S. The average molecular weight is 282 g/mol. The van der Waals surface area contributed by atoms with Crippen molar-refractivity contribution in [2.24, 2.45) is 5.41 Å². The number of rotatable bonds is 5. The van der Waals surface area contributed by atoms with Crippen LogP contribution in [-0.2, 0) is 9.59 Å². The summed E-state index contributed by atoms with van der Waals surface area (Å²) in [6, 6.07) is 0. The number of nitrogens with one attached hydrogen (secondary N) is 1. The summed E-state index contributed by atoms with van der Waals surface area (Å²) in [5.41, 5.74) is -0.359. The molecule has 0 aromatic carbocycles. The minimum absolute atomic E-state index is 0.0807. The van der Waals surface area contributed by atoms with Gasteiger partial charge in [-0.15, -0.1) is 11.3 Å². The molecule has 5 nitrogen and oxygen atoms in total. The molecular weight excluding hydrogens is 264 g/mol. The van der Waals surface area contributed by atoms with E-state index in [1.807, 2.05) is 6.92 Å². The number of aryl methyl sites for hydroxylation is 1. The summed E-state index contributed by atoms with van der Waals surface area (Å²) >= 11 is 1.43. The lowest BCUT2D eigenvalue weighted by molar-refractivity contribution is -0.140. The smallest absolute Gasteiger partial charge is 0.303 e. The molecule has 2 rings (SSSR count). The van der Waals surface area contributed by atoms with Crippen LogP contribution in [0.25, 0.3) is 0 Å². The van der Waals surface area contributed by atoms with Gasteiger partial charge in [0, 0.05) is 17.5 Å². The molecule has 0 unspecified atom stereocenters. The SMILES string of the molecule is Cc1cnc(NC(=O)CC2(CC(=O)O)CCCC2)s1. The Labute approximate surface area is 116 Å². The summed E-state index contributed by atoms with van der Waals surface area (Å²) in [7, 11) is 0. The van der Waals surface area contributed by atoms with E-state index >= 15 is 0 Å². The van der Waals surface area contributed by atoms with Crippen LogP contribution in [0.5, 0.6) is 0 Å². The first kappa shape index (κ1) is 14.0. The first-order valence-electron chi connectivity index (χ1n) is 6.43. The Bertz CT molecular complexity index is 478. The van der Waals surface area contributed by atoms with Gasteiger partial charge in [-0.25, -0.2) is 4.98 Å². The number of aliphatic carboxylic acids is 1. The van der Waals surface area contributed by atoms with E-state index in [1.54, 1.807) is 6.20 Å². The van der Waals surface area contributed by atoms with Crippen LogP contribution in [0.15, 0.2) is 6.20 Å². The molecule has 0 aliphatic heterocycles. The molecule has 104 valence electrons. The number of nitrogens with zero attached hydrogens (tertiary/aromatic N) is 1. The van der Waals surface area contributed by atoms with Crippen molar-refractivity contribution in [2.45, 2.75) is 45.4 Å². The minimum atomic E-state index is -0.820. The van der Waals surface area contributed by atoms with Crippen molar-refractivity contribution in [1.29, 1.82) is 0 Å². The van der Waals surface area contributed by atoms with Gasteiger partial charge in [-0.2, -0.15) is 0 Å². The van der Waals surface area contributed by atoms with Gasteiger partial charge in [0.25, 0.3) is 0 Å². The standard InChI is InChI=1S/C13H18N2O3S/c1-9-8-14-12(19-9)15-10(16)6-13(7-11(17)18)4-2-3-5-13/h8H,2-7H2,1H3,(H,17,18)(H,14,15,16). The van der Waals surface area contributed by atoms with E-state index in [-0.39, 0.29) is 24.2 Å². The topological polar surface area (TPSA) is 79.3 Å². The molecule has 1 saturated carbocycles. The Balaban J connectivity index is 1.97. The molecule has 1 aromatic heterocycles. The zero-order chi connectivity index (χ0) is 13.9. The Hall–Kier alpha value is -1.43. The van der Waals surface area contributed by atoms with Crippen molar-refractivity contribution < 1.29 is 14.7 Å². The predicted octanol–water partition coefficient (Wildman–Crippen LogP) is 2.82. The molecule has 2 N–H and O–H groups in total. The third kappa shape index (κ3) is 3.76. The highest BCUT2D eigenvalue weighted by molar-refractivity contribution is 7.15. The van der Waals surface area contributed by atoms with Crippen LogP contribution in [0.4, 0.5) is 5.13 Å². The highest BCUT2D eigenvalue weighted by Crippen LogP contribution is 2.44. The van der Waals surface area contributed by atoms with Crippen LogP contribution in [-0.4, -0.2) is 22.0 Å². The number of amides is 1. The lowest BCUT2D eigenvalue weighted by atomic mass is 9.79. The second kappa shape index (κ2) is 5.69. The molecule has 0 radical (unpaired) electrons. The molecule has 1 aliphatic carbocycles. The lowest BCUT2D eigenvalue weighted by Crippen LogP contribution is -2.27. The number of anilines is 1. The van der Waals surface area contributed by atoms with E-state index in [4.69, 9.17) is 5.11 Å². The van der Waals surface area contributed by atoms with Crippen LogP contribution in [0.2, 0.25) is 0 Å². The van der Waals surface area contributed by atoms with Crippen LogP contribution >= 0.6 is 11.3 Å². The van der Waals surface area contributed by atoms with Gasteiger partial charge in [-0.1, -0.05) is 12.8 Å². The van der Waals surface area contributed by atoms with E-state index in [0.29, 0.717) is 5.13 Å². The molecule has 6 heteroatoms. The first-order chi connectivity index (χ1) is 8.99. The fourth-order valence-electron chi connectivity index (χ4n) is 2.78. The first-order valence-corrected chi connectivity index (χ1v) is 7.25. The summed E-state index contributed by atoms with van der Waals surface area (Å²) in [4.78, 5) is 28.1. The molecule has 1 fully saturated rings. The number of aromatic nitrogens is 1. The number of carboxylic acid groups (broad SMARTS) is 1. The Morgan fingerprint density at radius 2 is 2.11 bits per heavy atom. The summed E-state index contributed by atoms with van der Waals surface area (Å²) in [5.74, 6) is -0.947. The molecule has 1 aliphatic rings. The molecule has 1 heterocycles. The number of carboxylic acids is 1. The van der Waals surface area contributed by atoms with Gasteiger partial charge < -0.3 is 10.4 Å². The largest absolute Gasteiger partial charge is 0.481 e. The second-order valence-electron chi connectivity index (χ2n) is 5.28. The Morgan fingerprint density at radius 3 is 2.63 bits per heavy atom. The quantitative estimate of drug-likeness (QED) is 0.870. The lowest BCUT2D eigenvalue weighted by Gasteiger charge is -2.25. The predicted molar refractivity (Wildman–Crippen MR) is 73.3 cm³/mol. The maximum absolute atomic E-state index is 12.0. The Morgan fingerprint density at radius 1 is 1.42 bits per heavy atom. The van der Waals surface area contributed by atoms with Crippen molar-refractivity contribution in [3.05, 3.63) is 11.1 Å². The second-order valence-corrected chi connectivity index (χ2v) is 6.51. The molecule has 19 heavy (non-hydrogen) atoms. The fourth-order valence-corrected chi connectivity index (χ4v) is 3.46. The van der Waals surface area contributed by atoms with E-state index in [1.165, 1.54) is 11.3 Å². The maximum Gasteiger partial charge on any atom is 0.303 e. The molecule has 1 aromatic rings. The van der Waals surface area contributed by atoms with E-state index in [2.05, 4.69) is 10.3 Å². The maximum atomic E-state index is 12.0. The van der Waals surface area contributed by atoms with E-state index in [0.717, 1.165) is 30.6 Å². The van der Waals surface area contributed by atoms with Crippen LogP contribution < -0.4 is 5.32 Å². The highest BCUT2D eigenvalue weighted by Gasteiger charge is 2.38. The van der Waals surface area contributed by atoms with Gasteiger partial charge in [-0.3, -0.25) is 9.59 Å². The van der Waals surface area contributed by atoms with Gasteiger partial charge in [-0.05, 0) is 25.2 Å². The van der Waals surface area contributed by atoms with Gasteiger partial charge in [0.05, 0.1) is 6.42 Å². The number of carbonyl (C=O) groups is 2. The van der Waals surface area contributed by atoms with Crippen molar-refractivity contribution in [3.63, 3.8) is 0 Å². The van der Waals surface area contributed by atoms with Crippen LogP contribution in [0.1, 0.15) is 43.4 Å². The van der Waals surface area contributed by atoms with E-state index < -0.39 is 5.97 Å².